The van der Waals surface area contributed by atoms with Crippen molar-refractivity contribution in [2.75, 3.05) is 24.7 Å². The summed E-state index contributed by atoms with van der Waals surface area (Å²) in [4.78, 5) is 13.3. The molecule has 9 heteroatoms. The molecule has 0 saturated carbocycles. The lowest BCUT2D eigenvalue weighted by molar-refractivity contribution is 0.102. The molecule has 1 amide bonds. The van der Waals surface area contributed by atoms with E-state index in [2.05, 4.69) is 5.32 Å². The van der Waals surface area contributed by atoms with Crippen molar-refractivity contribution in [3.8, 4) is 17.2 Å². The molecule has 0 spiro atoms. The van der Waals surface area contributed by atoms with Gasteiger partial charge in [0.1, 0.15) is 30.5 Å². The van der Waals surface area contributed by atoms with E-state index in [1.165, 1.54) is 6.26 Å². The van der Waals surface area contributed by atoms with Crippen LogP contribution < -0.4 is 25.3 Å². The van der Waals surface area contributed by atoms with Gasteiger partial charge >= 0.3 is 0 Å². The SMILES string of the molecule is Cc1cc(C(=O)Nc2cc(OCc3ccc(S(C)(=O)=O)cc3)cc(OC(C)C)c2)cc(C)c1OCCN. The van der Waals surface area contributed by atoms with Crippen molar-refractivity contribution in [2.24, 2.45) is 5.73 Å². The Morgan fingerprint density at radius 2 is 1.57 bits per heavy atom. The first-order valence-electron chi connectivity index (χ1n) is 11.9. The van der Waals surface area contributed by atoms with Gasteiger partial charge < -0.3 is 25.3 Å². The summed E-state index contributed by atoms with van der Waals surface area (Å²) in [5.74, 6) is 1.50. The molecule has 0 atom stereocenters. The molecule has 0 fully saturated rings. The van der Waals surface area contributed by atoms with Gasteiger partial charge in [-0.25, -0.2) is 8.42 Å². The molecule has 3 aromatic carbocycles. The summed E-state index contributed by atoms with van der Waals surface area (Å²) in [6.07, 6.45) is 1.09. The fraction of sp³-hybridized carbons (Fsp3) is 0.321. The number of rotatable bonds is 11. The van der Waals surface area contributed by atoms with Gasteiger partial charge in [-0.05, 0) is 68.7 Å². The predicted octanol–water partition coefficient (Wildman–Crippen LogP) is 4.66. The lowest BCUT2D eigenvalue weighted by Crippen LogP contribution is -2.15. The van der Waals surface area contributed by atoms with Crippen molar-refractivity contribution in [3.63, 3.8) is 0 Å². The number of nitrogens with one attached hydrogen (secondary N) is 1. The van der Waals surface area contributed by atoms with Crippen LogP contribution in [0.1, 0.15) is 40.9 Å². The maximum absolute atomic E-state index is 13.1. The summed E-state index contributed by atoms with van der Waals surface area (Å²) < 4.78 is 40.9. The zero-order valence-corrected chi connectivity index (χ0v) is 22.6. The van der Waals surface area contributed by atoms with E-state index >= 15 is 0 Å². The van der Waals surface area contributed by atoms with E-state index < -0.39 is 9.84 Å². The van der Waals surface area contributed by atoms with Gasteiger partial charge in [0.05, 0.1) is 11.0 Å². The van der Waals surface area contributed by atoms with Crippen molar-refractivity contribution >= 4 is 21.4 Å². The average molecular weight is 527 g/mol. The fourth-order valence-corrected chi connectivity index (χ4v) is 4.37. The number of amides is 1. The number of aryl methyl sites for hydroxylation is 2. The summed E-state index contributed by atoms with van der Waals surface area (Å²) in [6.45, 7) is 8.63. The Morgan fingerprint density at radius 3 is 2.14 bits per heavy atom. The Kier molecular flexibility index (Phi) is 9.18. The first kappa shape index (κ1) is 28.0. The maximum atomic E-state index is 13.1. The monoisotopic (exact) mass is 526 g/mol. The molecule has 37 heavy (non-hydrogen) atoms. The summed E-state index contributed by atoms with van der Waals surface area (Å²) in [5.41, 5.74) is 9.06. The number of nitrogens with two attached hydrogens (primary N) is 1. The summed E-state index contributed by atoms with van der Waals surface area (Å²) in [6, 6.07) is 15.3. The second-order valence-electron chi connectivity index (χ2n) is 9.09. The number of sulfone groups is 1. The zero-order valence-electron chi connectivity index (χ0n) is 21.8. The van der Waals surface area contributed by atoms with E-state index in [1.807, 2.05) is 27.7 Å². The lowest BCUT2D eigenvalue weighted by atomic mass is 10.0. The van der Waals surface area contributed by atoms with Gasteiger partial charge in [-0.3, -0.25) is 4.79 Å². The van der Waals surface area contributed by atoms with Crippen molar-refractivity contribution in [1.82, 2.24) is 0 Å². The molecule has 0 aliphatic heterocycles. The third kappa shape index (κ3) is 7.96. The van der Waals surface area contributed by atoms with Crippen LogP contribution in [0.15, 0.2) is 59.5 Å². The van der Waals surface area contributed by atoms with Crippen molar-refractivity contribution in [3.05, 3.63) is 76.9 Å². The van der Waals surface area contributed by atoms with Crippen molar-refractivity contribution in [1.29, 1.82) is 0 Å². The number of ether oxygens (including phenoxy) is 3. The molecule has 3 aromatic rings. The highest BCUT2D eigenvalue weighted by Crippen LogP contribution is 2.29. The lowest BCUT2D eigenvalue weighted by Gasteiger charge is -2.16. The van der Waals surface area contributed by atoms with Crippen molar-refractivity contribution in [2.45, 2.75) is 45.3 Å². The minimum atomic E-state index is -3.27. The van der Waals surface area contributed by atoms with Crippen LogP contribution in [-0.4, -0.2) is 39.8 Å². The van der Waals surface area contributed by atoms with Gasteiger partial charge in [0, 0.05) is 42.3 Å². The van der Waals surface area contributed by atoms with Crippen LogP contribution in [0.3, 0.4) is 0 Å². The van der Waals surface area contributed by atoms with E-state index in [1.54, 1.807) is 54.6 Å². The summed E-state index contributed by atoms with van der Waals surface area (Å²) in [7, 11) is -3.27. The van der Waals surface area contributed by atoms with Crippen LogP contribution in [0.4, 0.5) is 5.69 Å². The number of carbonyl (C=O) groups is 1. The van der Waals surface area contributed by atoms with Gasteiger partial charge in [0.2, 0.25) is 0 Å². The van der Waals surface area contributed by atoms with E-state index in [-0.39, 0.29) is 23.5 Å². The minimum Gasteiger partial charge on any atom is -0.492 e. The molecular formula is C28H34N2O6S. The Bertz CT molecular complexity index is 1330. The molecule has 0 aliphatic rings. The zero-order chi connectivity index (χ0) is 27.2. The number of hydrogen-bond donors (Lipinski definition) is 2. The molecule has 0 radical (unpaired) electrons. The number of benzene rings is 3. The molecule has 0 saturated heterocycles. The molecular weight excluding hydrogens is 492 g/mol. The van der Waals surface area contributed by atoms with Crippen LogP contribution in [0.25, 0.3) is 0 Å². The Labute approximate surface area is 218 Å². The largest absolute Gasteiger partial charge is 0.492 e. The predicted molar refractivity (Wildman–Crippen MR) is 145 cm³/mol. The number of carbonyl (C=O) groups excluding carboxylic acids is 1. The molecule has 0 aliphatic carbocycles. The van der Waals surface area contributed by atoms with Gasteiger partial charge in [-0.2, -0.15) is 0 Å². The molecule has 0 unspecified atom stereocenters. The van der Waals surface area contributed by atoms with Crippen LogP contribution in [0.2, 0.25) is 0 Å². The second-order valence-corrected chi connectivity index (χ2v) is 11.1. The third-order valence-corrected chi connectivity index (χ3v) is 6.48. The van der Waals surface area contributed by atoms with Crippen LogP contribution in [-0.2, 0) is 16.4 Å². The maximum Gasteiger partial charge on any atom is 0.255 e. The normalized spacial score (nSPS) is 11.3. The highest BCUT2D eigenvalue weighted by molar-refractivity contribution is 7.90. The van der Waals surface area contributed by atoms with Crippen LogP contribution in [0, 0.1) is 13.8 Å². The Balaban J connectivity index is 1.79. The smallest absolute Gasteiger partial charge is 0.255 e. The van der Waals surface area contributed by atoms with Gasteiger partial charge in [-0.15, -0.1) is 0 Å². The first-order valence-corrected chi connectivity index (χ1v) is 13.8. The van der Waals surface area contributed by atoms with Crippen molar-refractivity contribution < 1.29 is 27.4 Å². The van der Waals surface area contributed by atoms with Gasteiger partial charge in [0.25, 0.3) is 5.91 Å². The second kappa shape index (κ2) is 12.1. The molecule has 8 nitrogen and oxygen atoms in total. The molecule has 0 heterocycles. The number of anilines is 1. The number of hydrogen-bond acceptors (Lipinski definition) is 7. The highest BCUT2D eigenvalue weighted by Gasteiger charge is 2.14. The molecule has 0 bridgehead atoms. The first-order chi connectivity index (χ1) is 17.5. The van der Waals surface area contributed by atoms with Crippen LogP contribution in [0.5, 0.6) is 17.2 Å². The minimum absolute atomic E-state index is 0.0753. The Hall–Kier alpha value is -3.56. The third-order valence-electron chi connectivity index (χ3n) is 5.35. The van der Waals surface area contributed by atoms with E-state index in [9.17, 15) is 13.2 Å². The Morgan fingerprint density at radius 1 is 0.946 bits per heavy atom. The highest BCUT2D eigenvalue weighted by atomic mass is 32.2. The molecule has 198 valence electrons. The van der Waals surface area contributed by atoms with E-state index in [4.69, 9.17) is 19.9 Å². The molecule has 3 N–H and O–H groups in total. The van der Waals surface area contributed by atoms with E-state index in [0.717, 1.165) is 22.4 Å². The standard InChI is InChI=1S/C28H34N2O6S/c1-18(2)36-25-15-23(30-28(31)22-12-19(3)27(20(4)13-22)34-11-10-29)14-24(16-25)35-17-21-6-8-26(9-7-21)37(5,32)33/h6-9,12-16,18H,10-11,17,29H2,1-5H3,(H,30,31). The fourth-order valence-electron chi connectivity index (χ4n) is 3.74. The molecule has 0 aromatic heterocycles. The summed E-state index contributed by atoms with van der Waals surface area (Å²) >= 11 is 0. The average Bonchev–Trinajstić information content (AvgIpc) is 2.81. The topological polar surface area (TPSA) is 117 Å². The summed E-state index contributed by atoms with van der Waals surface area (Å²) in [5, 5.41) is 2.93. The van der Waals surface area contributed by atoms with Gasteiger partial charge in [0.15, 0.2) is 9.84 Å². The quantitative estimate of drug-likeness (QED) is 0.373. The van der Waals surface area contributed by atoms with Crippen LogP contribution >= 0.6 is 0 Å². The van der Waals surface area contributed by atoms with Gasteiger partial charge in [-0.1, -0.05) is 12.1 Å². The molecule has 3 rings (SSSR count). The van der Waals surface area contributed by atoms with E-state index in [0.29, 0.717) is 35.9 Å².